The Morgan fingerprint density at radius 3 is 2.36 bits per heavy atom. The van der Waals surface area contributed by atoms with Gasteiger partial charge in [-0.25, -0.2) is 4.39 Å². The predicted octanol–water partition coefficient (Wildman–Crippen LogP) is 2.70. The molecule has 0 spiro atoms. The zero-order chi connectivity index (χ0) is 17.9. The molecule has 1 saturated carbocycles. The number of carbonyl (C=O) groups excluding carboxylic acids is 2. The third kappa shape index (κ3) is 4.57. The largest absolute Gasteiger partial charge is 0.389 e. The summed E-state index contributed by atoms with van der Waals surface area (Å²) in [6.45, 7) is 1.08. The fourth-order valence-corrected chi connectivity index (χ4v) is 3.77. The summed E-state index contributed by atoms with van der Waals surface area (Å²) in [4.78, 5) is 26.5. The van der Waals surface area contributed by atoms with Gasteiger partial charge in [-0.15, -0.1) is 0 Å². The van der Waals surface area contributed by atoms with Crippen molar-refractivity contribution in [1.29, 1.82) is 0 Å². The van der Waals surface area contributed by atoms with E-state index < -0.39 is 5.60 Å². The molecule has 2 aliphatic rings. The maximum atomic E-state index is 12.9. The number of likely N-dealkylation sites (tertiary alicyclic amines) is 1. The summed E-state index contributed by atoms with van der Waals surface area (Å²) < 4.78 is 12.9. The van der Waals surface area contributed by atoms with Crippen LogP contribution in [-0.2, 0) is 9.59 Å². The predicted molar refractivity (Wildman–Crippen MR) is 92.4 cm³/mol. The minimum Gasteiger partial charge on any atom is -0.389 e. The number of nitrogens with zero attached hydrogens (tertiary/aromatic N) is 1. The Morgan fingerprint density at radius 1 is 1.16 bits per heavy atom. The van der Waals surface area contributed by atoms with E-state index in [-0.39, 0.29) is 30.0 Å². The molecule has 2 N–H and O–H groups in total. The maximum Gasteiger partial charge on any atom is 0.227 e. The zero-order valence-electron chi connectivity index (χ0n) is 14.3. The Bertz CT molecular complexity index is 618. The van der Waals surface area contributed by atoms with Gasteiger partial charge < -0.3 is 15.3 Å². The van der Waals surface area contributed by atoms with Crippen LogP contribution in [-0.4, -0.2) is 40.5 Å². The van der Waals surface area contributed by atoms with Gasteiger partial charge in [-0.3, -0.25) is 9.59 Å². The first-order valence-corrected chi connectivity index (χ1v) is 9.02. The lowest BCUT2D eigenvalue weighted by Crippen LogP contribution is -2.44. The van der Waals surface area contributed by atoms with E-state index >= 15 is 0 Å². The molecule has 0 atom stereocenters. The van der Waals surface area contributed by atoms with Crippen LogP contribution in [0.2, 0.25) is 0 Å². The van der Waals surface area contributed by atoms with Crippen molar-refractivity contribution < 1.29 is 19.1 Å². The molecule has 25 heavy (non-hydrogen) atoms. The van der Waals surface area contributed by atoms with E-state index in [9.17, 15) is 19.1 Å². The van der Waals surface area contributed by atoms with Crippen molar-refractivity contribution in [2.45, 2.75) is 50.5 Å². The number of anilines is 1. The molecule has 1 heterocycles. The molecule has 0 aromatic heterocycles. The van der Waals surface area contributed by atoms with Gasteiger partial charge in [-0.2, -0.15) is 0 Å². The average Bonchev–Trinajstić information content (AvgIpc) is 3.03. The van der Waals surface area contributed by atoms with Gasteiger partial charge in [0.25, 0.3) is 0 Å². The number of aliphatic hydroxyl groups is 1. The summed E-state index contributed by atoms with van der Waals surface area (Å²) in [5, 5.41) is 13.2. The summed E-state index contributed by atoms with van der Waals surface area (Å²) in [6.07, 6.45) is 4.78. The second-order valence-corrected chi connectivity index (χ2v) is 7.26. The van der Waals surface area contributed by atoms with E-state index in [1.54, 1.807) is 4.90 Å². The van der Waals surface area contributed by atoms with Crippen LogP contribution in [0.25, 0.3) is 0 Å². The molecule has 1 aliphatic heterocycles. The minimum absolute atomic E-state index is 0.0122. The molecule has 3 rings (SSSR count). The third-order valence-corrected chi connectivity index (χ3v) is 5.34. The Morgan fingerprint density at radius 2 is 1.76 bits per heavy atom. The molecule has 0 radical (unpaired) electrons. The first-order chi connectivity index (χ1) is 12.0. The lowest BCUT2D eigenvalue weighted by atomic mass is 9.93. The van der Waals surface area contributed by atoms with E-state index in [0.717, 1.165) is 12.8 Å². The van der Waals surface area contributed by atoms with Gasteiger partial charge in [0.2, 0.25) is 11.8 Å². The van der Waals surface area contributed by atoms with Gasteiger partial charge in [0.15, 0.2) is 0 Å². The summed E-state index contributed by atoms with van der Waals surface area (Å²) >= 11 is 0. The Kier molecular flexibility index (Phi) is 5.37. The third-order valence-electron chi connectivity index (χ3n) is 5.34. The molecule has 136 valence electrons. The number of halogens is 1. The molecule has 6 heteroatoms. The highest BCUT2D eigenvalue weighted by atomic mass is 19.1. The average molecular weight is 348 g/mol. The van der Waals surface area contributed by atoms with Crippen molar-refractivity contribution in [2.24, 2.45) is 5.92 Å². The molecule has 1 aromatic rings. The molecular weight excluding hydrogens is 323 g/mol. The van der Waals surface area contributed by atoms with Crippen LogP contribution in [0.3, 0.4) is 0 Å². The van der Waals surface area contributed by atoms with Crippen LogP contribution in [0.15, 0.2) is 24.3 Å². The van der Waals surface area contributed by atoms with Crippen LogP contribution in [0, 0.1) is 11.7 Å². The maximum absolute atomic E-state index is 12.9. The Hall–Kier alpha value is -1.95. The van der Waals surface area contributed by atoms with Gasteiger partial charge in [0, 0.05) is 24.7 Å². The Labute approximate surface area is 147 Å². The lowest BCUT2D eigenvalue weighted by Gasteiger charge is -2.33. The van der Waals surface area contributed by atoms with E-state index in [4.69, 9.17) is 0 Å². The topological polar surface area (TPSA) is 69.6 Å². The summed E-state index contributed by atoms with van der Waals surface area (Å²) in [7, 11) is 0. The van der Waals surface area contributed by atoms with Gasteiger partial charge in [-0.1, -0.05) is 12.8 Å². The molecule has 5 nitrogen and oxygen atoms in total. The number of rotatable bonds is 4. The first-order valence-electron chi connectivity index (χ1n) is 9.02. The number of nitrogens with one attached hydrogen (secondary N) is 1. The molecular formula is C19H25FN2O3. The summed E-state index contributed by atoms with van der Waals surface area (Å²) in [5.74, 6) is -0.590. The van der Waals surface area contributed by atoms with Crippen molar-refractivity contribution >= 4 is 17.5 Å². The number of amides is 2. The fraction of sp³-hybridized carbons (Fsp3) is 0.579. The minimum atomic E-state index is -0.826. The number of hydrogen-bond acceptors (Lipinski definition) is 3. The standard InChI is InChI=1S/C19H25FN2O3/c20-15-3-5-16(6-4-15)21-18(24)14-7-11-22(12-8-14)17(23)13-19(25)9-1-2-10-19/h3-6,14,25H,1-2,7-13H2,(H,21,24). The number of piperidine rings is 1. The van der Waals surface area contributed by atoms with Gasteiger partial charge in [0.05, 0.1) is 12.0 Å². The lowest BCUT2D eigenvalue weighted by molar-refractivity contribution is -0.139. The summed E-state index contributed by atoms with van der Waals surface area (Å²) in [5.41, 5.74) is -0.248. The van der Waals surface area contributed by atoms with Crippen molar-refractivity contribution in [3.05, 3.63) is 30.1 Å². The molecule has 2 amide bonds. The van der Waals surface area contributed by atoms with Crippen LogP contribution in [0.5, 0.6) is 0 Å². The van der Waals surface area contributed by atoms with Crippen LogP contribution < -0.4 is 5.32 Å². The Balaban J connectivity index is 1.47. The highest BCUT2D eigenvalue weighted by Crippen LogP contribution is 2.33. The van der Waals surface area contributed by atoms with E-state index in [1.165, 1.54) is 24.3 Å². The molecule has 0 unspecified atom stereocenters. The van der Waals surface area contributed by atoms with Gasteiger partial charge in [-0.05, 0) is 49.9 Å². The summed E-state index contributed by atoms with van der Waals surface area (Å²) in [6, 6.07) is 5.69. The number of carbonyl (C=O) groups is 2. The molecule has 0 bridgehead atoms. The van der Waals surface area contributed by atoms with Crippen molar-refractivity contribution in [3.8, 4) is 0 Å². The molecule has 1 saturated heterocycles. The smallest absolute Gasteiger partial charge is 0.227 e. The highest BCUT2D eigenvalue weighted by Gasteiger charge is 2.36. The van der Waals surface area contributed by atoms with Crippen LogP contribution in [0.1, 0.15) is 44.9 Å². The SMILES string of the molecule is O=C(Nc1ccc(F)cc1)C1CCN(C(=O)CC2(O)CCCC2)CC1. The van der Waals surface area contributed by atoms with E-state index in [1.807, 2.05) is 0 Å². The van der Waals surface area contributed by atoms with Crippen LogP contribution in [0.4, 0.5) is 10.1 Å². The first kappa shape index (κ1) is 17.9. The number of benzene rings is 1. The van der Waals surface area contributed by atoms with E-state index in [2.05, 4.69) is 5.32 Å². The quantitative estimate of drug-likeness (QED) is 0.879. The highest BCUT2D eigenvalue weighted by molar-refractivity contribution is 5.92. The molecule has 1 aliphatic carbocycles. The second kappa shape index (κ2) is 7.52. The molecule has 2 fully saturated rings. The zero-order valence-corrected chi connectivity index (χ0v) is 14.3. The second-order valence-electron chi connectivity index (χ2n) is 7.26. The monoisotopic (exact) mass is 348 g/mol. The fourth-order valence-electron chi connectivity index (χ4n) is 3.77. The van der Waals surface area contributed by atoms with Crippen molar-refractivity contribution in [1.82, 2.24) is 4.90 Å². The van der Waals surface area contributed by atoms with Crippen LogP contribution >= 0.6 is 0 Å². The van der Waals surface area contributed by atoms with Crippen molar-refractivity contribution in [3.63, 3.8) is 0 Å². The number of hydrogen-bond donors (Lipinski definition) is 2. The van der Waals surface area contributed by atoms with E-state index in [0.29, 0.717) is 44.5 Å². The van der Waals surface area contributed by atoms with Crippen molar-refractivity contribution in [2.75, 3.05) is 18.4 Å². The van der Waals surface area contributed by atoms with Gasteiger partial charge >= 0.3 is 0 Å². The molecule has 1 aromatic carbocycles. The normalized spacial score (nSPS) is 20.5. The van der Waals surface area contributed by atoms with Gasteiger partial charge in [0.1, 0.15) is 5.82 Å².